The van der Waals surface area contributed by atoms with Crippen LogP contribution in [0.15, 0.2) is 33.1 Å². The Bertz CT molecular complexity index is 476. The zero-order valence-electron chi connectivity index (χ0n) is 10.3. The molecule has 2 aromatic rings. The maximum absolute atomic E-state index is 5.47. The van der Waals surface area contributed by atoms with Crippen LogP contribution in [0.25, 0.3) is 0 Å². The fourth-order valence-electron chi connectivity index (χ4n) is 0.951. The maximum atomic E-state index is 5.47. The molecule has 0 aromatic carbocycles. The Balaban J connectivity index is 0.000000357. The molecule has 0 spiro atoms. The van der Waals surface area contributed by atoms with E-state index in [4.69, 9.17) is 26.0 Å². The fraction of sp³-hybridized carbons (Fsp3) is 0.300. The van der Waals surface area contributed by atoms with Crippen LogP contribution >= 0.6 is 8.92 Å². The number of nitrogens with zero attached hydrogens (tertiary/aromatic N) is 4. The third-order valence-electron chi connectivity index (χ3n) is 1.61. The van der Waals surface area contributed by atoms with Gasteiger partial charge < -0.3 is 17.0 Å². The van der Waals surface area contributed by atoms with Gasteiger partial charge in [-0.3, -0.25) is 0 Å². The first-order valence-corrected chi connectivity index (χ1v) is 14.9. The van der Waals surface area contributed by atoms with Gasteiger partial charge in [-0.25, -0.2) is 4.68 Å². The van der Waals surface area contributed by atoms with Crippen molar-refractivity contribution < 1.29 is 4.42 Å². The predicted molar refractivity (Wildman–Crippen MR) is 75.4 cm³/mol. The van der Waals surface area contributed by atoms with Gasteiger partial charge >= 0.3 is 37.4 Å². The van der Waals surface area contributed by atoms with Gasteiger partial charge in [-0.05, 0) is 19.1 Å². The van der Waals surface area contributed by atoms with Gasteiger partial charge in [-0.1, -0.05) is 0 Å². The third-order valence-corrected chi connectivity index (χ3v) is 1.87. The second-order valence-electron chi connectivity index (χ2n) is 3.48. The van der Waals surface area contributed by atoms with Crippen molar-refractivity contribution in [2.45, 2.75) is 22.0 Å². The molecule has 0 aliphatic carbocycles. The number of hydrogen-bond acceptors (Lipinski definition) is 5. The van der Waals surface area contributed by atoms with Crippen LogP contribution in [0.3, 0.4) is 0 Å². The molecule has 5 nitrogen and oxygen atoms in total. The van der Waals surface area contributed by atoms with E-state index in [0.717, 1.165) is 0 Å². The van der Waals surface area contributed by atoms with E-state index in [0.29, 0.717) is 16.7 Å². The van der Waals surface area contributed by atoms with E-state index in [1.165, 1.54) is 4.68 Å². The molecule has 0 radical (unpaired) electrons. The molecule has 0 bridgehead atoms. The molecule has 8 heteroatoms. The van der Waals surface area contributed by atoms with Gasteiger partial charge in [0.15, 0.2) is 0 Å². The first-order valence-electron chi connectivity index (χ1n) is 5.13. The number of aryl methyl sites for hydroxylation is 1. The standard InChI is InChI=1S/C8H8N4OS.2CH3.ClH.Sn/c1-6-10-11-8(14)12(6)9-5-7-3-2-4-13-7;;;;/h2-5H,1H3,(H,11,14);2*1H3;1H;/q;;;;+2/p-2/b9-5+;;;;. The van der Waals surface area contributed by atoms with Crippen molar-refractivity contribution in [2.24, 2.45) is 5.10 Å². The fourth-order valence-corrected chi connectivity index (χ4v) is 1.17. The van der Waals surface area contributed by atoms with E-state index in [9.17, 15) is 0 Å². The van der Waals surface area contributed by atoms with Crippen LogP contribution in [0.4, 0.5) is 0 Å². The quantitative estimate of drug-likeness (QED) is 0.448. The zero-order chi connectivity index (χ0) is 13.5. The van der Waals surface area contributed by atoms with E-state index in [1.807, 2.05) is 0 Å². The van der Waals surface area contributed by atoms with Crippen molar-refractivity contribution >= 4 is 46.4 Å². The molecule has 0 saturated heterocycles. The van der Waals surface area contributed by atoms with Gasteiger partial charge in [0.1, 0.15) is 11.6 Å². The Morgan fingerprint density at radius 1 is 1.50 bits per heavy atom. The second-order valence-corrected chi connectivity index (χ2v) is 13.9. The van der Waals surface area contributed by atoms with Gasteiger partial charge in [0.2, 0.25) is 0 Å². The molecule has 18 heavy (non-hydrogen) atoms. The molecule has 0 atom stereocenters. The first kappa shape index (κ1) is 15.5. The van der Waals surface area contributed by atoms with Crippen LogP contribution in [0, 0.1) is 6.92 Å². The van der Waals surface area contributed by atoms with Crippen LogP contribution < -0.4 is 0 Å². The number of aromatic nitrogens is 3. The number of hydrogen-bond donors (Lipinski definition) is 0. The molecule has 0 aliphatic heterocycles. The molecule has 0 N–H and O–H groups in total. The van der Waals surface area contributed by atoms with Gasteiger partial charge in [0.05, 0.1) is 12.5 Å². The minimum absolute atomic E-state index is 0.338. The van der Waals surface area contributed by atoms with Crippen molar-refractivity contribution in [1.82, 2.24) is 14.9 Å². The van der Waals surface area contributed by atoms with Gasteiger partial charge in [-0.2, -0.15) is 10.2 Å². The molecule has 96 valence electrons. The van der Waals surface area contributed by atoms with Crippen LogP contribution in [-0.2, 0) is 12.6 Å². The Kier molecular flexibility index (Phi) is 6.66. The Morgan fingerprint density at radius 3 is 2.61 bits per heavy atom. The van der Waals surface area contributed by atoms with Crippen molar-refractivity contribution in [2.75, 3.05) is 0 Å². The summed E-state index contributed by atoms with van der Waals surface area (Å²) in [6, 6.07) is 3.58. The van der Waals surface area contributed by atoms with Crippen LogP contribution in [0.5, 0.6) is 0 Å². The predicted octanol–water partition coefficient (Wildman–Crippen LogP) is 2.44. The Hall–Kier alpha value is -0.601. The van der Waals surface area contributed by atoms with Crippen LogP contribution in [0.2, 0.25) is 9.88 Å². The summed E-state index contributed by atoms with van der Waals surface area (Å²) in [4.78, 5) is 4.26. The molecule has 2 aromatic heterocycles. The summed E-state index contributed by atoms with van der Waals surface area (Å²) in [5.41, 5.74) is 0. The van der Waals surface area contributed by atoms with Gasteiger partial charge in [0.25, 0.3) is 0 Å². The number of furan rings is 1. The molecule has 0 aliphatic rings. The van der Waals surface area contributed by atoms with E-state index in [-0.39, 0.29) is 0 Å². The van der Waals surface area contributed by atoms with Crippen molar-refractivity contribution in [1.29, 1.82) is 0 Å². The summed E-state index contributed by atoms with van der Waals surface area (Å²) >= 11 is 3.84. The summed E-state index contributed by atoms with van der Waals surface area (Å²) in [5, 5.41) is 11.9. The second kappa shape index (κ2) is 7.75. The van der Waals surface area contributed by atoms with E-state index in [1.54, 1.807) is 31.5 Å². The van der Waals surface area contributed by atoms with E-state index in [2.05, 4.69) is 25.2 Å². The van der Waals surface area contributed by atoms with Crippen molar-refractivity contribution in [3.63, 3.8) is 0 Å². The topological polar surface area (TPSA) is 56.2 Å². The number of halogens is 1. The number of rotatable bonds is 2. The summed E-state index contributed by atoms with van der Waals surface area (Å²) in [7, 11) is 5.47. The molecule has 2 rings (SSSR count). The summed E-state index contributed by atoms with van der Waals surface area (Å²) < 4.78 is 6.54. The molecular formula is C10H13ClN4OSSn. The van der Waals surface area contributed by atoms with Gasteiger partial charge in [0, 0.05) is 5.16 Å². The monoisotopic (exact) mass is 392 g/mol. The van der Waals surface area contributed by atoms with E-state index >= 15 is 0 Å². The molecular weight excluding hydrogens is 378 g/mol. The van der Waals surface area contributed by atoms with Gasteiger partial charge in [-0.15, -0.1) is 5.10 Å². The minimum atomic E-state index is -1.07. The molecule has 0 amide bonds. The molecule has 0 saturated carbocycles. The first-order chi connectivity index (χ1) is 8.50. The van der Waals surface area contributed by atoms with Crippen LogP contribution in [-0.4, -0.2) is 39.7 Å². The average molecular weight is 391 g/mol. The van der Waals surface area contributed by atoms with Crippen LogP contribution in [0.1, 0.15) is 11.6 Å². The summed E-state index contributed by atoms with van der Waals surface area (Å²) in [5.74, 6) is 1.31. The third kappa shape index (κ3) is 5.36. The van der Waals surface area contributed by atoms with Crippen molar-refractivity contribution in [3.05, 3.63) is 30.0 Å². The Morgan fingerprint density at radius 2 is 2.17 bits per heavy atom. The molecule has 2 heterocycles. The normalized spacial score (nSPS) is 10.2. The molecule has 0 fully saturated rings. The van der Waals surface area contributed by atoms with Crippen molar-refractivity contribution in [3.8, 4) is 0 Å². The summed E-state index contributed by atoms with van der Waals surface area (Å²) in [6.07, 6.45) is 3.14. The zero-order valence-corrected chi connectivity index (χ0v) is 14.7. The SMILES string of the molecule is Cc1nnc([S-])n1/N=C/c1ccco1.[CH3][Sn+]([CH3])[Cl]. The molecule has 0 unspecified atom stereocenters. The Labute approximate surface area is 122 Å². The average Bonchev–Trinajstić information content (AvgIpc) is 2.87. The summed E-state index contributed by atoms with van der Waals surface area (Å²) in [6.45, 7) is 1.78. The van der Waals surface area contributed by atoms with E-state index < -0.39 is 18.6 Å².